The largest absolute Gasteiger partial charge is 0.497 e. The lowest BCUT2D eigenvalue weighted by molar-refractivity contribution is -0.127. The van der Waals surface area contributed by atoms with Crippen LogP contribution in [-0.2, 0) is 17.9 Å². The summed E-state index contributed by atoms with van der Waals surface area (Å²) in [4.78, 5) is 30.9. The molecule has 0 fully saturated rings. The molecule has 0 aliphatic carbocycles. The SMILES string of the molecule is COc1ccc(CN2C(=O)NC(c3c(Br)ccc4c3OCO4)C(C(=O)N(C)Cc3cccc(Cl)c3)=C2C)cc1. The van der Waals surface area contributed by atoms with Crippen LogP contribution >= 0.6 is 27.5 Å². The first-order valence-electron chi connectivity index (χ1n) is 12.3. The van der Waals surface area contributed by atoms with E-state index < -0.39 is 6.04 Å². The lowest BCUT2D eigenvalue weighted by Crippen LogP contribution is -2.49. The predicted octanol–water partition coefficient (Wildman–Crippen LogP) is 6.04. The second kappa shape index (κ2) is 11.2. The molecule has 202 valence electrons. The zero-order valence-corrected chi connectivity index (χ0v) is 24.0. The van der Waals surface area contributed by atoms with Crippen molar-refractivity contribution in [3.63, 3.8) is 0 Å². The lowest BCUT2D eigenvalue weighted by Gasteiger charge is -2.37. The number of allylic oxidation sites excluding steroid dienone is 1. The first kappa shape index (κ1) is 26.9. The molecule has 0 spiro atoms. The Balaban J connectivity index is 1.56. The summed E-state index contributed by atoms with van der Waals surface area (Å²) in [7, 11) is 3.33. The van der Waals surface area contributed by atoms with Crippen LogP contribution in [0, 0.1) is 0 Å². The summed E-state index contributed by atoms with van der Waals surface area (Å²) >= 11 is 9.79. The van der Waals surface area contributed by atoms with Gasteiger partial charge in [0.2, 0.25) is 6.79 Å². The van der Waals surface area contributed by atoms with Gasteiger partial charge in [0.15, 0.2) is 11.5 Å². The average molecular weight is 613 g/mol. The number of hydrogen-bond donors (Lipinski definition) is 1. The topological polar surface area (TPSA) is 80.3 Å². The number of fused-ring (bicyclic) bond motifs is 1. The van der Waals surface area contributed by atoms with Gasteiger partial charge in [0.25, 0.3) is 5.91 Å². The molecule has 1 atom stereocenters. The fourth-order valence-corrected chi connectivity index (χ4v) is 5.56. The van der Waals surface area contributed by atoms with Crippen molar-refractivity contribution in [2.75, 3.05) is 21.0 Å². The third-order valence-corrected chi connectivity index (χ3v) is 7.72. The molecule has 3 amide bonds. The summed E-state index contributed by atoms with van der Waals surface area (Å²) in [5.74, 6) is 1.53. The highest BCUT2D eigenvalue weighted by atomic mass is 79.9. The van der Waals surface area contributed by atoms with Gasteiger partial charge in [0, 0.05) is 34.3 Å². The molecule has 0 saturated carbocycles. The maximum absolute atomic E-state index is 14.1. The Morgan fingerprint density at radius 2 is 1.92 bits per heavy atom. The molecule has 39 heavy (non-hydrogen) atoms. The summed E-state index contributed by atoms with van der Waals surface area (Å²) in [5, 5.41) is 3.65. The first-order chi connectivity index (χ1) is 18.8. The zero-order chi connectivity index (χ0) is 27.7. The Morgan fingerprint density at radius 3 is 2.64 bits per heavy atom. The normalized spacial score (nSPS) is 16.3. The van der Waals surface area contributed by atoms with E-state index in [2.05, 4.69) is 21.2 Å². The molecule has 2 aliphatic rings. The number of methoxy groups -OCH3 is 1. The molecule has 2 heterocycles. The third-order valence-electron chi connectivity index (χ3n) is 6.80. The van der Waals surface area contributed by atoms with Gasteiger partial charge in [0.1, 0.15) is 5.75 Å². The first-order valence-corrected chi connectivity index (χ1v) is 13.4. The van der Waals surface area contributed by atoms with Crippen LogP contribution in [-0.4, -0.2) is 42.7 Å². The fourth-order valence-electron chi connectivity index (χ4n) is 4.80. The average Bonchev–Trinajstić information content (AvgIpc) is 3.39. The van der Waals surface area contributed by atoms with Crippen LogP contribution in [0.15, 0.2) is 76.4 Å². The highest BCUT2D eigenvalue weighted by Gasteiger charge is 2.40. The van der Waals surface area contributed by atoms with Crippen LogP contribution in [0.3, 0.4) is 0 Å². The van der Waals surface area contributed by atoms with Crippen LogP contribution in [0.2, 0.25) is 5.02 Å². The van der Waals surface area contributed by atoms with Crippen molar-refractivity contribution in [1.29, 1.82) is 0 Å². The second-order valence-electron chi connectivity index (χ2n) is 9.30. The minimum Gasteiger partial charge on any atom is -0.497 e. The van der Waals surface area contributed by atoms with Crippen LogP contribution in [0.4, 0.5) is 4.79 Å². The Hall–Kier alpha value is -3.69. The van der Waals surface area contributed by atoms with Crippen molar-refractivity contribution in [3.05, 3.63) is 98.1 Å². The molecule has 0 bridgehead atoms. The van der Waals surface area contributed by atoms with Gasteiger partial charge in [-0.3, -0.25) is 9.69 Å². The van der Waals surface area contributed by atoms with Crippen molar-refractivity contribution >= 4 is 39.5 Å². The molecule has 2 aliphatic heterocycles. The number of halogens is 2. The van der Waals surface area contributed by atoms with Gasteiger partial charge in [-0.25, -0.2) is 4.79 Å². The number of nitrogens with zero attached hydrogens (tertiary/aromatic N) is 2. The van der Waals surface area contributed by atoms with Crippen LogP contribution in [0.25, 0.3) is 0 Å². The Bertz CT molecular complexity index is 1460. The second-order valence-corrected chi connectivity index (χ2v) is 10.6. The van der Waals surface area contributed by atoms with Gasteiger partial charge in [0.05, 0.1) is 25.3 Å². The molecule has 5 rings (SSSR count). The molecule has 8 nitrogen and oxygen atoms in total. The number of likely N-dealkylation sites (N-methyl/N-ethyl adjacent to an activating group) is 1. The van der Waals surface area contributed by atoms with Crippen molar-refractivity contribution in [3.8, 4) is 17.2 Å². The number of benzene rings is 3. The number of nitrogens with one attached hydrogen (secondary N) is 1. The highest BCUT2D eigenvalue weighted by Crippen LogP contribution is 2.46. The Labute approximate surface area is 240 Å². The number of urea groups is 1. The van der Waals surface area contributed by atoms with Crippen molar-refractivity contribution in [2.45, 2.75) is 26.1 Å². The number of carbonyl (C=O) groups excluding carboxylic acids is 2. The standard InChI is InChI=1S/C29H27BrClN3O5/c1-17-24(28(35)33(2)14-19-5-4-6-20(31)13-19)26(25-22(30)11-12-23-27(25)39-16-38-23)32-29(36)34(17)15-18-7-9-21(37-3)10-8-18/h4-13,26H,14-16H2,1-3H3,(H,32,36). The highest BCUT2D eigenvalue weighted by molar-refractivity contribution is 9.10. The van der Waals surface area contributed by atoms with E-state index in [4.69, 9.17) is 25.8 Å². The van der Waals surface area contributed by atoms with Crippen LogP contribution < -0.4 is 19.5 Å². The van der Waals surface area contributed by atoms with Crippen molar-refractivity contribution in [1.82, 2.24) is 15.1 Å². The van der Waals surface area contributed by atoms with Gasteiger partial charge < -0.3 is 24.4 Å². The van der Waals surface area contributed by atoms with Crippen molar-refractivity contribution < 1.29 is 23.8 Å². The molecule has 1 unspecified atom stereocenters. The molecule has 0 saturated heterocycles. The number of carbonyl (C=O) groups is 2. The van der Waals surface area contributed by atoms with E-state index in [9.17, 15) is 9.59 Å². The molecular weight excluding hydrogens is 586 g/mol. The van der Waals surface area contributed by atoms with Gasteiger partial charge in [-0.1, -0.05) is 51.8 Å². The zero-order valence-electron chi connectivity index (χ0n) is 21.7. The number of hydrogen-bond acceptors (Lipinski definition) is 5. The maximum atomic E-state index is 14.1. The summed E-state index contributed by atoms with van der Waals surface area (Å²) in [6, 6.07) is 17.4. The van der Waals surface area contributed by atoms with E-state index in [0.29, 0.717) is 44.4 Å². The van der Waals surface area contributed by atoms with E-state index in [0.717, 1.165) is 16.9 Å². The monoisotopic (exact) mass is 611 g/mol. The van der Waals surface area contributed by atoms with Crippen LogP contribution in [0.5, 0.6) is 17.2 Å². The number of rotatable bonds is 7. The maximum Gasteiger partial charge on any atom is 0.322 e. The van der Waals surface area contributed by atoms with E-state index in [1.54, 1.807) is 43.0 Å². The summed E-state index contributed by atoms with van der Waals surface area (Å²) in [6.45, 7) is 2.47. The quantitative estimate of drug-likeness (QED) is 0.352. The lowest BCUT2D eigenvalue weighted by atomic mass is 9.92. The molecule has 0 aromatic heterocycles. The molecule has 3 aromatic carbocycles. The smallest absolute Gasteiger partial charge is 0.322 e. The van der Waals surface area contributed by atoms with E-state index in [1.165, 1.54) is 0 Å². The minimum absolute atomic E-state index is 0.0592. The summed E-state index contributed by atoms with van der Waals surface area (Å²) in [5.41, 5.74) is 3.38. The van der Waals surface area contributed by atoms with Crippen LogP contribution in [0.1, 0.15) is 29.7 Å². The Kier molecular flexibility index (Phi) is 7.72. The fraction of sp³-hybridized carbons (Fsp3) is 0.241. The van der Waals surface area contributed by atoms with Gasteiger partial charge >= 0.3 is 6.03 Å². The molecule has 10 heteroatoms. The molecular formula is C29H27BrClN3O5. The summed E-state index contributed by atoms with van der Waals surface area (Å²) in [6.07, 6.45) is 0. The summed E-state index contributed by atoms with van der Waals surface area (Å²) < 4.78 is 17.3. The van der Waals surface area contributed by atoms with Gasteiger partial charge in [-0.15, -0.1) is 0 Å². The molecule has 0 radical (unpaired) electrons. The van der Waals surface area contributed by atoms with Gasteiger partial charge in [-0.2, -0.15) is 0 Å². The predicted molar refractivity (Wildman–Crippen MR) is 151 cm³/mol. The van der Waals surface area contributed by atoms with Gasteiger partial charge in [-0.05, 0) is 54.4 Å². The van der Waals surface area contributed by atoms with E-state index in [1.807, 2.05) is 48.5 Å². The third kappa shape index (κ3) is 5.42. The number of amides is 3. The van der Waals surface area contributed by atoms with E-state index in [-0.39, 0.29) is 25.3 Å². The van der Waals surface area contributed by atoms with Crippen molar-refractivity contribution in [2.24, 2.45) is 0 Å². The minimum atomic E-state index is -0.773. The molecule has 3 aromatic rings. The van der Waals surface area contributed by atoms with E-state index >= 15 is 0 Å². The molecule has 1 N–H and O–H groups in total. The number of ether oxygens (including phenoxy) is 3. The Morgan fingerprint density at radius 1 is 1.15 bits per heavy atom.